The molecule has 0 aliphatic carbocycles. The number of nitrogens with one attached hydrogen (secondary N) is 1. The number of nitrogens with two attached hydrogens (primary N) is 1. The summed E-state index contributed by atoms with van der Waals surface area (Å²) in [5.74, 6) is -0.430. The molecule has 1 unspecified atom stereocenters. The Morgan fingerprint density at radius 1 is 1.40 bits per heavy atom. The molecule has 1 rings (SSSR count). The van der Waals surface area contributed by atoms with Gasteiger partial charge in [0.2, 0.25) is 0 Å². The van der Waals surface area contributed by atoms with E-state index in [2.05, 4.69) is 0 Å². The number of rotatable bonds is 6. The first-order valence-corrected chi connectivity index (χ1v) is 6.44. The number of hydrogen-bond acceptors (Lipinski definition) is 2. The average Bonchev–Trinajstić information content (AvgIpc) is 2.35. The fourth-order valence-electron chi connectivity index (χ4n) is 1.85. The van der Waals surface area contributed by atoms with Gasteiger partial charge in [-0.3, -0.25) is 5.41 Å². The van der Waals surface area contributed by atoms with Crippen LogP contribution in [0, 0.1) is 11.3 Å². The molecule has 0 heterocycles. The van der Waals surface area contributed by atoms with Gasteiger partial charge in [0.05, 0.1) is 12.2 Å². The van der Waals surface area contributed by atoms with Crippen LogP contribution < -0.4 is 10.5 Å². The number of halogens is 3. The molecule has 0 amide bonds. The van der Waals surface area contributed by atoms with E-state index in [1.807, 2.05) is 13.8 Å². The largest absolute Gasteiger partial charge is 0.493 e. The fourth-order valence-corrected chi connectivity index (χ4v) is 1.85. The summed E-state index contributed by atoms with van der Waals surface area (Å²) in [6.07, 6.45) is -2.68. The fraction of sp³-hybridized carbons (Fsp3) is 0.500. The van der Waals surface area contributed by atoms with E-state index >= 15 is 0 Å². The van der Waals surface area contributed by atoms with Gasteiger partial charge < -0.3 is 10.5 Å². The molecule has 1 atom stereocenters. The van der Waals surface area contributed by atoms with Crippen molar-refractivity contribution in [3.8, 4) is 5.75 Å². The monoisotopic (exact) mass is 288 g/mol. The van der Waals surface area contributed by atoms with Crippen LogP contribution in [0.2, 0.25) is 0 Å². The average molecular weight is 288 g/mol. The molecule has 0 aliphatic heterocycles. The van der Waals surface area contributed by atoms with Crippen LogP contribution in [0.1, 0.15) is 37.8 Å². The summed E-state index contributed by atoms with van der Waals surface area (Å²) in [4.78, 5) is 0. The minimum Gasteiger partial charge on any atom is -0.493 e. The second-order valence-corrected chi connectivity index (χ2v) is 4.83. The third-order valence-electron chi connectivity index (χ3n) is 2.90. The van der Waals surface area contributed by atoms with Crippen molar-refractivity contribution >= 4 is 5.84 Å². The molecule has 0 radical (unpaired) electrons. The van der Waals surface area contributed by atoms with Crippen molar-refractivity contribution in [1.82, 2.24) is 0 Å². The quantitative estimate of drug-likeness (QED) is 0.618. The molecule has 6 heteroatoms. The van der Waals surface area contributed by atoms with Gasteiger partial charge in [0, 0.05) is 5.56 Å². The van der Waals surface area contributed by atoms with Gasteiger partial charge in [-0.1, -0.05) is 20.3 Å². The van der Waals surface area contributed by atoms with E-state index in [1.165, 1.54) is 12.1 Å². The molecule has 0 aliphatic rings. The zero-order valence-electron chi connectivity index (χ0n) is 11.6. The van der Waals surface area contributed by atoms with Gasteiger partial charge in [-0.05, 0) is 30.5 Å². The Labute approximate surface area is 116 Å². The molecule has 112 valence electrons. The van der Waals surface area contributed by atoms with Crippen LogP contribution in [0.5, 0.6) is 5.75 Å². The number of alkyl halides is 3. The number of hydrogen-bond donors (Lipinski definition) is 2. The van der Waals surface area contributed by atoms with Crippen molar-refractivity contribution in [3.05, 3.63) is 29.3 Å². The van der Waals surface area contributed by atoms with Gasteiger partial charge in [0.25, 0.3) is 0 Å². The Morgan fingerprint density at radius 2 is 2.05 bits per heavy atom. The summed E-state index contributed by atoms with van der Waals surface area (Å²) in [6, 6.07) is 3.43. The van der Waals surface area contributed by atoms with E-state index in [0.717, 1.165) is 18.9 Å². The molecule has 0 fully saturated rings. The second-order valence-electron chi connectivity index (χ2n) is 4.83. The van der Waals surface area contributed by atoms with Gasteiger partial charge in [-0.15, -0.1) is 0 Å². The van der Waals surface area contributed by atoms with Gasteiger partial charge in [-0.25, -0.2) is 0 Å². The lowest BCUT2D eigenvalue weighted by atomic mass is 10.1. The van der Waals surface area contributed by atoms with Crippen molar-refractivity contribution in [2.75, 3.05) is 6.61 Å². The molecular weight excluding hydrogens is 269 g/mol. The standard InChI is InChI=1S/C14H19F3N2O/c1-3-4-9(2)8-20-12-6-5-10(13(18)19)7-11(12)14(15,16)17/h5-7,9H,3-4,8H2,1-2H3,(H3,18,19). The van der Waals surface area contributed by atoms with E-state index in [0.29, 0.717) is 0 Å². The van der Waals surface area contributed by atoms with Crippen molar-refractivity contribution in [2.45, 2.75) is 32.9 Å². The van der Waals surface area contributed by atoms with Gasteiger partial charge in [0.1, 0.15) is 11.6 Å². The maximum atomic E-state index is 13.0. The second kappa shape index (κ2) is 6.63. The molecule has 0 saturated heterocycles. The molecule has 0 spiro atoms. The third-order valence-corrected chi connectivity index (χ3v) is 2.90. The Hall–Kier alpha value is -1.72. The molecule has 3 nitrogen and oxygen atoms in total. The number of amidine groups is 1. The predicted octanol–water partition coefficient (Wildman–Crippen LogP) is 3.80. The van der Waals surface area contributed by atoms with Crippen LogP contribution in [0.25, 0.3) is 0 Å². The van der Waals surface area contributed by atoms with E-state index in [4.69, 9.17) is 15.9 Å². The summed E-state index contributed by atoms with van der Waals surface area (Å²) in [5.41, 5.74) is 4.35. The molecule has 1 aromatic carbocycles. The first-order valence-electron chi connectivity index (χ1n) is 6.44. The zero-order chi connectivity index (χ0) is 15.3. The van der Waals surface area contributed by atoms with Crippen LogP contribution in [0.3, 0.4) is 0 Å². The highest BCUT2D eigenvalue weighted by atomic mass is 19.4. The minimum absolute atomic E-state index is 0.0336. The predicted molar refractivity (Wildman–Crippen MR) is 72.0 cm³/mol. The summed E-state index contributed by atoms with van der Waals surface area (Å²) in [5, 5.41) is 7.20. The first-order chi connectivity index (χ1) is 9.25. The lowest BCUT2D eigenvalue weighted by Gasteiger charge is -2.17. The molecule has 1 aromatic rings. The lowest BCUT2D eigenvalue weighted by Crippen LogP contribution is -2.16. The van der Waals surface area contributed by atoms with Crippen LogP contribution in [0.4, 0.5) is 13.2 Å². The van der Waals surface area contributed by atoms with Gasteiger partial charge in [-0.2, -0.15) is 13.2 Å². The lowest BCUT2D eigenvalue weighted by molar-refractivity contribution is -0.139. The topological polar surface area (TPSA) is 59.1 Å². The van der Waals surface area contributed by atoms with Crippen LogP contribution >= 0.6 is 0 Å². The van der Waals surface area contributed by atoms with Crippen LogP contribution in [-0.4, -0.2) is 12.4 Å². The third kappa shape index (κ3) is 4.43. The van der Waals surface area contributed by atoms with Crippen LogP contribution in [-0.2, 0) is 6.18 Å². The molecule has 20 heavy (non-hydrogen) atoms. The zero-order valence-corrected chi connectivity index (χ0v) is 11.6. The maximum absolute atomic E-state index is 13.0. The molecule has 3 N–H and O–H groups in total. The van der Waals surface area contributed by atoms with Crippen molar-refractivity contribution in [1.29, 1.82) is 5.41 Å². The van der Waals surface area contributed by atoms with Gasteiger partial charge in [0.15, 0.2) is 0 Å². The van der Waals surface area contributed by atoms with E-state index in [-0.39, 0.29) is 23.8 Å². The van der Waals surface area contributed by atoms with Gasteiger partial charge >= 0.3 is 6.18 Å². The maximum Gasteiger partial charge on any atom is 0.419 e. The van der Waals surface area contributed by atoms with E-state index < -0.39 is 17.6 Å². The molecular formula is C14H19F3N2O. The van der Waals surface area contributed by atoms with E-state index in [9.17, 15) is 13.2 Å². The van der Waals surface area contributed by atoms with Crippen molar-refractivity contribution in [2.24, 2.45) is 11.7 Å². The Balaban J connectivity index is 2.98. The summed E-state index contributed by atoms with van der Waals surface area (Å²) >= 11 is 0. The summed E-state index contributed by atoms with van der Waals surface area (Å²) in [6.45, 7) is 4.18. The highest BCUT2D eigenvalue weighted by molar-refractivity contribution is 5.95. The molecule has 0 aromatic heterocycles. The Bertz CT molecular complexity index is 472. The molecule has 0 bridgehead atoms. The van der Waals surface area contributed by atoms with Crippen LogP contribution in [0.15, 0.2) is 18.2 Å². The van der Waals surface area contributed by atoms with Crippen molar-refractivity contribution in [3.63, 3.8) is 0 Å². The molecule has 0 saturated carbocycles. The van der Waals surface area contributed by atoms with E-state index in [1.54, 1.807) is 0 Å². The SMILES string of the molecule is CCCC(C)COc1ccc(C(=N)N)cc1C(F)(F)F. The Kier molecular flexibility index (Phi) is 5.42. The highest BCUT2D eigenvalue weighted by Gasteiger charge is 2.35. The minimum atomic E-state index is -4.53. The highest BCUT2D eigenvalue weighted by Crippen LogP contribution is 2.37. The first kappa shape index (κ1) is 16.3. The number of ether oxygens (including phenoxy) is 1. The number of nitrogen functional groups attached to an aromatic ring is 1. The summed E-state index contributed by atoms with van der Waals surface area (Å²) < 4.78 is 44.2. The summed E-state index contributed by atoms with van der Waals surface area (Å²) in [7, 11) is 0. The normalized spacial score (nSPS) is 13.1. The smallest absolute Gasteiger partial charge is 0.419 e. The van der Waals surface area contributed by atoms with Crippen molar-refractivity contribution < 1.29 is 17.9 Å². The number of benzene rings is 1. The Morgan fingerprint density at radius 3 is 2.55 bits per heavy atom.